The van der Waals surface area contributed by atoms with Gasteiger partial charge in [0.2, 0.25) is 0 Å². The Kier molecular flexibility index (Phi) is 4.76. The average molecular weight is 190 g/mol. The van der Waals surface area contributed by atoms with Gasteiger partial charge in [0.25, 0.3) is 0 Å². The Morgan fingerprint density at radius 2 is 1.54 bits per heavy atom. The Bertz CT molecular complexity index is 138. The molecule has 0 amide bonds. The van der Waals surface area contributed by atoms with Crippen LogP contribution < -0.4 is 34.0 Å². The maximum atomic E-state index is 5.57. The number of rotatable bonds is 6. The van der Waals surface area contributed by atoms with Gasteiger partial charge in [-0.3, -0.25) is 34.0 Å². The molecule has 0 heterocycles. The van der Waals surface area contributed by atoms with Crippen LogP contribution in [0.25, 0.3) is 0 Å². The molecule has 0 saturated heterocycles. The van der Waals surface area contributed by atoms with Crippen LogP contribution >= 0.6 is 0 Å². The Morgan fingerprint density at radius 3 is 1.92 bits per heavy atom. The average Bonchev–Trinajstić information content (AvgIpc) is 1.96. The number of hydrogen-bond acceptors (Lipinski definition) is 6. The van der Waals surface area contributed by atoms with Crippen LogP contribution in [0.3, 0.4) is 0 Å². The van der Waals surface area contributed by atoms with E-state index in [-0.39, 0.29) is 0 Å². The van der Waals surface area contributed by atoms with Gasteiger partial charge in [0.15, 0.2) is 11.6 Å². The summed E-state index contributed by atoms with van der Waals surface area (Å²) in [5.74, 6) is -3.04. The fourth-order valence-corrected chi connectivity index (χ4v) is 0.823. The predicted molar refractivity (Wildman–Crippen MR) is 53.9 cm³/mol. The summed E-state index contributed by atoms with van der Waals surface area (Å²) in [7, 11) is 0. The summed E-state index contributed by atoms with van der Waals surface area (Å²) in [4.78, 5) is 0. The number of nitrogens with two attached hydrogens (primary N) is 5. The first-order chi connectivity index (χ1) is 5.81. The summed E-state index contributed by atoms with van der Waals surface area (Å²) < 4.78 is 0. The highest BCUT2D eigenvalue weighted by atomic mass is 15.4. The first-order valence-electron chi connectivity index (χ1n) is 4.50. The third-order valence-electron chi connectivity index (χ3n) is 1.91. The zero-order valence-corrected chi connectivity index (χ0v) is 8.22. The Morgan fingerprint density at radius 1 is 1.00 bits per heavy atom. The van der Waals surface area contributed by atoms with Crippen LogP contribution in [-0.4, -0.2) is 18.1 Å². The van der Waals surface area contributed by atoms with Crippen molar-refractivity contribution in [1.82, 2.24) is 5.32 Å². The summed E-state index contributed by atoms with van der Waals surface area (Å²) in [6.07, 6.45) is 3.21. The summed E-state index contributed by atoms with van der Waals surface area (Å²) in [5.41, 5.74) is 27.2. The van der Waals surface area contributed by atoms with Crippen molar-refractivity contribution in [1.29, 1.82) is 0 Å². The number of unbranched alkanes of at least 4 members (excludes halogenated alkanes) is 2. The second kappa shape index (κ2) is 4.85. The van der Waals surface area contributed by atoms with Crippen molar-refractivity contribution in [3.63, 3.8) is 0 Å². The standard InChI is InChI=1S/C7H22N6/c1-2-3-4-5-13-7(11,12)6(8,9)10/h13H,2-5,8-12H2,1H3. The Hall–Kier alpha value is -0.240. The first kappa shape index (κ1) is 12.8. The molecule has 6 heteroatoms. The lowest BCUT2D eigenvalue weighted by molar-refractivity contribution is 0.187. The highest BCUT2D eigenvalue weighted by molar-refractivity contribution is 4.92. The van der Waals surface area contributed by atoms with E-state index >= 15 is 0 Å². The minimum Gasteiger partial charge on any atom is -0.297 e. The minimum absolute atomic E-state index is 0.661. The van der Waals surface area contributed by atoms with Crippen LogP contribution in [0.1, 0.15) is 26.2 Å². The molecule has 80 valence electrons. The van der Waals surface area contributed by atoms with E-state index in [1.165, 1.54) is 0 Å². The molecule has 0 unspecified atom stereocenters. The van der Waals surface area contributed by atoms with Gasteiger partial charge in [-0.05, 0) is 13.0 Å². The third kappa shape index (κ3) is 4.51. The van der Waals surface area contributed by atoms with Crippen molar-refractivity contribution >= 4 is 0 Å². The SMILES string of the molecule is CCCCCNC(N)(N)C(N)(N)N. The second-order valence-electron chi connectivity index (χ2n) is 3.44. The van der Waals surface area contributed by atoms with Crippen LogP contribution in [0, 0.1) is 0 Å². The lowest BCUT2D eigenvalue weighted by atomic mass is 10.2. The molecule has 11 N–H and O–H groups in total. The largest absolute Gasteiger partial charge is 0.297 e. The maximum Gasteiger partial charge on any atom is 0.165 e. The molecule has 0 bridgehead atoms. The van der Waals surface area contributed by atoms with Gasteiger partial charge >= 0.3 is 0 Å². The lowest BCUT2D eigenvalue weighted by Crippen LogP contribution is -2.86. The highest BCUT2D eigenvalue weighted by Gasteiger charge is 2.35. The summed E-state index contributed by atoms with van der Waals surface area (Å²) in [6, 6.07) is 0. The second-order valence-corrected chi connectivity index (χ2v) is 3.44. The van der Waals surface area contributed by atoms with Crippen molar-refractivity contribution < 1.29 is 0 Å². The van der Waals surface area contributed by atoms with E-state index in [9.17, 15) is 0 Å². The van der Waals surface area contributed by atoms with Crippen LogP contribution in [0.2, 0.25) is 0 Å². The van der Waals surface area contributed by atoms with E-state index in [0.29, 0.717) is 6.54 Å². The molecule has 6 nitrogen and oxygen atoms in total. The van der Waals surface area contributed by atoms with Gasteiger partial charge in [0.1, 0.15) is 0 Å². The van der Waals surface area contributed by atoms with Gasteiger partial charge in [0.05, 0.1) is 0 Å². The predicted octanol–water partition coefficient (Wildman–Crippen LogP) is -2.13. The quantitative estimate of drug-likeness (QED) is 0.208. The molecule has 0 aromatic heterocycles. The monoisotopic (exact) mass is 190 g/mol. The minimum atomic E-state index is -1.61. The lowest BCUT2D eigenvalue weighted by Gasteiger charge is -2.37. The van der Waals surface area contributed by atoms with Gasteiger partial charge in [0, 0.05) is 0 Å². The highest BCUT2D eigenvalue weighted by Crippen LogP contribution is 1.96. The molecule has 0 radical (unpaired) electrons. The third-order valence-corrected chi connectivity index (χ3v) is 1.91. The van der Waals surface area contributed by atoms with Crippen molar-refractivity contribution in [2.45, 2.75) is 37.8 Å². The molecule has 0 aliphatic heterocycles. The van der Waals surface area contributed by atoms with Gasteiger partial charge in [-0.2, -0.15) is 0 Å². The molecule has 0 fully saturated rings. The van der Waals surface area contributed by atoms with E-state index in [1.54, 1.807) is 0 Å². The fraction of sp³-hybridized carbons (Fsp3) is 1.00. The Balaban J connectivity index is 3.77. The molecule has 0 aliphatic rings. The number of nitrogens with one attached hydrogen (secondary N) is 1. The fourth-order valence-electron chi connectivity index (χ4n) is 0.823. The van der Waals surface area contributed by atoms with Crippen LogP contribution in [0.5, 0.6) is 0 Å². The molecule has 0 atom stereocenters. The molecule has 0 aromatic rings. The summed E-state index contributed by atoms with van der Waals surface area (Å²) in [5, 5.41) is 2.81. The van der Waals surface area contributed by atoms with Crippen LogP contribution in [0.15, 0.2) is 0 Å². The molecular formula is C7H22N6. The van der Waals surface area contributed by atoms with Crippen LogP contribution in [0.4, 0.5) is 0 Å². The zero-order valence-electron chi connectivity index (χ0n) is 8.22. The molecular weight excluding hydrogens is 168 g/mol. The smallest absolute Gasteiger partial charge is 0.165 e. The Labute approximate surface area is 79.2 Å². The van der Waals surface area contributed by atoms with Gasteiger partial charge in [-0.1, -0.05) is 19.8 Å². The van der Waals surface area contributed by atoms with E-state index < -0.39 is 11.6 Å². The van der Waals surface area contributed by atoms with E-state index in [0.717, 1.165) is 19.3 Å². The van der Waals surface area contributed by atoms with Gasteiger partial charge in [-0.15, -0.1) is 0 Å². The van der Waals surface area contributed by atoms with E-state index in [2.05, 4.69) is 12.2 Å². The van der Waals surface area contributed by atoms with Crippen molar-refractivity contribution in [3.05, 3.63) is 0 Å². The zero-order chi connectivity index (χ0) is 10.5. The molecule has 0 rings (SSSR count). The van der Waals surface area contributed by atoms with Gasteiger partial charge in [-0.25, -0.2) is 0 Å². The van der Waals surface area contributed by atoms with Crippen molar-refractivity contribution in [3.8, 4) is 0 Å². The maximum absolute atomic E-state index is 5.57. The first-order valence-corrected chi connectivity index (χ1v) is 4.50. The van der Waals surface area contributed by atoms with E-state index in [4.69, 9.17) is 28.7 Å². The normalized spacial score (nSPS) is 13.4. The van der Waals surface area contributed by atoms with E-state index in [1.807, 2.05) is 0 Å². The molecule has 0 aromatic carbocycles. The molecule has 0 aliphatic carbocycles. The molecule has 0 saturated carbocycles. The number of hydrogen-bond donors (Lipinski definition) is 6. The molecule has 0 spiro atoms. The topological polar surface area (TPSA) is 142 Å². The van der Waals surface area contributed by atoms with Crippen molar-refractivity contribution in [2.24, 2.45) is 28.7 Å². The van der Waals surface area contributed by atoms with Crippen LogP contribution in [-0.2, 0) is 0 Å². The van der Waals surface area contributed by atoms with Gasteiger partial charge < -0.3 is 0 Å². The van der Waals surface area contributed by atoms with Crippen molar-refractivity contribution in [2.75, 3.05) is 6.54 Å². The summed E-state index contributed by atoms with van der Waals surface area (Å²) in [6.45, 7) is 2.77. The summed E-state index contributed by atoms with van der Waals surface area (Å²) >= 11 is 0. The molecule has 13 heavy (non-hydrogen) atoms.